The van der Waals surface area contributed by atoms with Gasteiger partial charge in [-0.25, -0.2) is 13.1 Å². The standard InChI is InChI=1S/C18H16N2O4S/c1-13-6-8-15(9-7-13)25(23,24)19-17(21)12-20-11-10-14-4-2-3-5-16(14)18(20)22/h2-11H,12H2,1H3,(H,19,21). The number of aromatic nitrogens is 1. The van der Waals surface area contributed by atoms with Crippen molar-refractivity contribution in [1.29, 1.82) is 0 Å². The quantitative estimate of drug-likeness (QED) is 0.773. The second-order valence-electron chi connectivity index (χ2n) is 5.68. The van der Waals surface area contributed by atoms with Gasteiger partial charge in [-0.1, -0.05) is 35.9 Å². The van der Waals surface area contributed by atoms with Gasteiger partial charge in [0.25, 0.3) is 21.5 Å². The molecule has 0 bridgehead atoms. The first-order chi connectivity index (χ1) is 11.9. The summed E-state index contributed by atoms with van der Waals surface area (Å²) in [6.07, 6.45) is 1.47. The molecule has 0 aliphatic rings. The van der Waals surface area contributed by atoms with Crippen molar-refractivity contribution >= 4 is 26.7 Å². The molecule has 3 aromatic rings. The van der Waals surface area contributed by atoms with Gasteiger partial charge in [0.2, 0.25) is 0 Å². The number of nitrogens with one attached hydrogen (secondary N) is 1. The first-order valence-corrected chi connectivity index (χ1v) is 9.06. The second kappa shape index (κ2) is 6.52. The SMILES string of the molecule is Cc1ccc(S(=O)(=O)NC(=O)Cn2ccc3ccccc3c2=O)cc1. The summed E-state index contributed by atoms with van der Waals surface area (Å²) in [7, 11) is -3.97. The van der Waals surface area contributed by atoms with Gasteiger partial charge in [-0.2, -0.15) is 0 Å². The molecule has 0 saturated carbocycles. The van der Waals surface area contributed by atoms with Gasteiger partial charge in [-0.15, -0.1) is 0 Å². The predicted molar refractivity (Wildman–Crippen MR) is 94.7 cm³/mol. The topological polar surface area (TPSA) is 85.2 Å². The summed E-state index contributed by atoms with van der Waals surface area (Å²) in [6, 6.07) is 14.8. The number of carbonyl (C=O) groups is 1. The third-order valence-electron chi connectivity index (χ3n) is 3.78. The van der Waals surface area contributed by atoms with Crippen LogP contribution in [0.1, 0.15) is 5.56 Å². The second-order valence-corrected chi connectivity index (χ2v) is 7.36. The molecule has 0 aliphatic heterocycles. The molecule has 0 unspecified atom stereocenters. The lowest BCUT2D eigenvalue weighted by Crippen LogP contribution is -2.36. The van der Waals surface area contributed by atoms with Crippen molar-refractivity contribution in [2.45, 2.75) is 18.4 Å². The van der Waals surface area contributed by atoms with E-state index in [1.54, 1.807) is 36.4 Å². The molecular formula is C18H16N2O4S. The Morgan fingerprint density at radius 2 is 1.72 bits per heavy atom. The van der Waals surface area contributed by atoms with Crippen LogP contribution in [0.4, 0.5) is 0 Å². The Labute approximate surface area is 144 Å². The van der Waals surface area contributed by atoms with Gasteiger partial charge in [0.1, 0.15) is 6.54 Å². The van der Waals surface area contributed by atoms with Crippen LogP contribution in [0.25, 0.3) is 10.8 Å². The smallest absolute Gasteiger partial charge is 0.264 e. The molecule has 128 valence electrons. The number of nitrogens with zero attached hydrogens (tertiary/aromatic N) is 1. The molecule has 25 heavy (non-hydrogen) atoms. The maximum absolute atomic E-state index is 12.4. The van der Waals surface area contributed by atoms with E-state index in [-0.39, 0.29) is 17.0 Å². The summed E-state index contributed by atoms with van der Waals surface area (Å²) in [4.78, 5) is 24.5. The number of aryl methyl sites for hydroxylation is 1. The van der Waals surface area contributed by atoms with Crippen molar-refractivity contribution in [3.8, 4) is 0 Å². The molecule has 1 aromatic heterocycles. The molecule has 2 aromatic carbocycles. The first kappa shape index (κ1) is 16.9. The number of benzene rings is 2. The predicted octanol–water partition coefficient (Wildman–Crippen LogP) is 1.82. The zero-order chi connectivity index (χ0) is 18.0. The van der Waals surface area contributed by atoms with E-state index in [1.165, 1.54) is 22.9 Å². The summed E-state index contributed by atoms with van der Waals surface area (Å²) in [5, 5.41) is 1.23. The van der Waals surface area contributed by atoms with Crippen LogP contribution >= 0.6 is 0 Å². The summed E-state index contributed by atoms with van der Waals surface area (Å²) < 4.78 is 27.6. The van der Waals surface area contributed by atoms with Gasteiger partial charge in [-0.05, 0) is 36.6 Å². The third-order valence-corrected chi connectivity index (χ3v) is 5.17. The number of sulfonamides is 1. The van der Waals surface area contributed by atoms with Gasteiger partial charge >= 0.3 is 0 Å². The highest BCUT2D eigenvalue weighted by molar-refractivity contribution is 7.90. The molecule has 1 amide bonds. The minimum Gasteiger partial charge on any atom is -0.306 e. The van der Waals surface area contributed by atoms with Crippen molar-refractivity contribution in [3.05, 3.63) is 76.7 Å². The van der Waals surface area contributed by atoms with Crippen molar-refractivity contribution in [2.24, 2.45) is 0 Å². The van der Waals surface area contributed by atoms with E-state index in [0.29, 0.717) is 5.39 Å². The van der Waals surface area contributed by atoms with Crippen LogP contribution in [0.15, 0.2) is 70.5 Å². The Bertz CT molecular complexity index is 1100. The molecule has 1 heterocycles. The van der Waals surface area contributed by atoms with Gasteiger partial charge in [0, 0.05) is 11.6 Å². The maximum Gasteiger partial charge on any atom is 0.264 e. The van der Waals surface area contributed by atoms with Crippen LogP contribution in [0, 0.1) is 6.92 Å². The van der Waals surface area contributed by atoms with E-state index >= 15 is 0 Å². The highest BCUT2D eigenvalue weighted by Crippen LogP contribution is 2.10. The Kier molecular flexibility index (Phi) is 4.41. The van der Waals surface area contributed by atoms with Crippen molar-refractivity contribution < 1.29 is 13.2 Å². The average molecular weight is 356 g/mol. The fourth-order valence-electron chi connectivity index (χ4n) is 2.47. The number of carbonyl (C=O) groups excluding carboxylic acids is 1. The van der Waals surface area contributed by atoms with E-state index in [0.717, 1.165) is 10.9 Å². The van der Waals surface area contributed by atoms with Crippen LogP contribution in [0.2, 0.25) is 0 Å². The zero-order valence-corrected chi connectivity index (χ0v) is 14.3. The van der Waals surface area contributed by atoms with Crippen molar-refractivity contribution in [2.75, 3.05) is 0 Å². The average Bonchev–Trinajstić information content (AvgIpc) is 2.57. The third kappa shape index (κ3) is 3.61. The molecule has 6 nitrogen and oxygen atoms in total. The normalized spacial score (nSPS) is 11.4. The largest absolute Gasteiger partial charge is 0.306 e. The minimum atomic E-state index is -3.97. The molecular weight excluding hydrogens is 340 g/mol. The fourth-order valence-corrected chi connectivity index (χ4v) is 3.44. The Morgan fingerprint density at radius 3 is 2.44 bits per heavy atom. The van der Waals surface area contributed by atoms with E-state index in [9.17, 15) is 18.0 Å². The highest BCUT2D eigenvalue weighted by Gasteiger charge is 2.18. The lowest BCUT2D eigenvalue weighted by atomic mass is 10.2. The minimum absolute atomic E-state index is 0.00249. The summed E-state index contributed by atoms with van der Waals surface area (Å²) in [5.74, 6) is -0.780. The number of hydrogen-bond donors (Lipinski definition) is 1. The highest BCUT2D eigenvalue weighted by atomic mass is 32.2. The lowest BCUT2D eigenvalue weighted by Gasteiger charge is -2.09. The summed E-state index contributed by atoms with van der Waals surface area (Å²) in [5.41, 5.74) is 0.564. The van der Waals surface area contributed by atoms with Crippen molar-refractivity contribution in [1.82, 2.24) is 9.29 Å². The number of fused-ring (bicyclic) bond motifs is 1. The van der Waals surface area contributed by atoms with E-state index in [2.05, 4.69) is 0 Å². The molecule has 3 rings (SSSR count). The molecule has 0 atom stereocenters. The number of amides is 1. The van der Waals surface area contributed by atoms with Gasteiger partial charge in [0.05, 0.1) is 4.90 Å². The lowest BCUT2D eigenvalue weighted by molar-refractivity contribution is -0.119. The van der Waals surface area contributed by atoms with Gasteiger partial charge < -0.3 is 4.57 Å². The first-order valence-electron chi connectivity index (χ1n) is 7.57. The monoisotopic (exact) mass is 356 g/mol. The fraction of sp³-hybridized carbons (Fsp3) is 0.111. The Hall–Kier alpha value is -2.93. The Balaban J connectivity index is 1.82. The molecule has 1 N–H and O–H groups in total. The van der Waals surface area contributed by atoms with Crippen molar-refractivity contribution in [3.63, 3.8) is 0 Å². The van der Waals surface area contributed by atoms with E-state index in [4.69, 9.17) is 0 Å². The maximum atomic E-state index is 12.4. The van der Waals surface area contributed by atoms with Crippen LogP contribution in [0.5, 0.6) is 0 Å². The summed E-state index contributed by atoms with van der Waals surface area (Å²) >= 11 is 0. The van der Waals surface area contributed by atoms with Gasteiger partial charge in [-0.3, -0.25) is 9.59 Å². The summed E-state index contributed by atoms with van der Waals surface area (Å²) in [6.45, 7) is 1.45. The van der Waals surface area contributed by atoms with E-state index in [1.807, 2.05) is 17.7 Å². The molecule has 0 fully saturated rings. The molecule has 0 radical (unpaired) electrons. The number of pyridine rings is 1. The molecule has 7 heteroatoms. The zero-order valence-electron chi connectivity index (χ0n) is 13.5. The van der Waals surface area contributed by atoms with Gasteiger partial charge in [0.15, 0.2) is 0 Å². The Morgan fingerprint density at radius 1 is 1.04 bits per heavy atom. The van der Waals surface area contributed by atoms with Crippen LogP contribution in [-0.4, -0.2) is 18.9 Å². The molecule has 0 spiro atoms. The molecule has 0 saturated heterocycles. The molecule has 0 aliphatic carbocycles. The van der Waals surface area contributed by atoms with Crippen LogP contribution in [0.3, 0.4) is 0 Å². The van der Waals surface area contributed by atoms with Crippen LogP contribution in [-0.2, 0) is 21.4 Å². The van der Waals surface area contributed by atoms with E-state index < -0.39 is 15.9 Å². The van der Waals surface area contributed by atoms with Crippen LogP contribution < -0.4 is 10.3 Å². The number of rotatable bonds is 4. The number of hydrogen-bond acceptors (Lipinski definition) is 4.